The van der Waals surface area contributed by atoms with Gasteiger partial charge < -0.3 is 14.4 Å². The molecule has 0 amide bonds. The second-order valence-electron chi connectivity index (χ2n) is 7.34. The van der Waals surface area contributed by atoms with Crippen molar-refractivity contribution in [2.45, 2.75) is 19.3 Å². The summed E-state index contributed by atoms with van der Waals surface area (Å²) in [5.74, 6) is -0.364. The highest BCUT2D eigenvalue weighted by molar-refractivity contribution is 5.99. The number of Topliss-reactive ketones (excluding diaryl/α,β-unsaturated/α-hetero) is 1. The number of benzene rings is 2. The van der Waals surface area contributed by atoms with Crippen LogP contribution in [0.1, 0.15) is 28.8 Å². The van der Waals surface area contributed by atoms with E-state index in [0.29, 0.717) is 12.8 Å². The first-order valence-electron chi connectivity index (χ1n) is 9.84. The van der Waals surface area contributed by atoms with Crippen molar-refractivity contribution in [1.29, 1.82) is 0 Å². The number of hydrogen-bond donors (Lipinski definition) is 0. The van der Waals surface area contributed by atoms with Gasteiger partial charge in [-0.1, -0.05) is 12.1 Å². The predicted molar refractivity (Wildman–Crippen MR) is 110 cm³/mol. The third-order valence-corrected chi connectivity index (χ3v) is 5.53. The maximum atomic E-state index is 13.0. The number of ketones is 1. The van der Waals surface area contributed by atoms with Crippen LogP contribution in [0.15, 0.2) is 36.4 Å². The Labute approximate surface area is 174 Å². The number of nitrogens with zero attached hydrogens (tertiary/aromatic N) is 2. The quantitative estimate of drug-likeness (QED) is 0.369. The number of ether oxygens (including phenoxy) is 2. The molecule has 0 atom stereocenters. The molecule has 1 aliphatic rings. The largest absolute Gasteiger partial charge is 0.493 e. The van der Waals surface area contributed by atoms with E-state index in [0.717, 1.165) is 31.6 Å². The molecule has 7 nitrogen and oxygen atoms in total. The molecule has 1 heterocycles. The summed E-state index contributed by atoms with van der Waals surface area (Å²) in [7, 11) is 2.71. The van der Waals surface area contributed by atoms with E-state index >= 15 is 0 Å². The van der Waals surface area contributed by atoms with Gasteiger partial charge in [0.25, 0.3) is 0 Å². The molecule has 1 fully saturated rings. The first-order valence-corrected chi connectivity index (χ1v) is 9.84. The van der Waals surface area contributed by atoms with Crippen LogP contribution < -0.4 is 9.47 Å². The van der Waals surface area contributed by atoms with Gasteiger partial charge >= 0.3 is 5.69 Å². The summed E-state index contributed by atoms with van der Waals surface area (Å²) in [6.45, 7) is 2.38. The zero-order valence-corrected chi connectivity index (χ0v) is 17.1. The molecule has 0 spiro atoms. The van der Waals surface area contributed by atoms with E-state index in [9.17, 15) is 19.3 Å². The summed E-state index contributed by atoms with van der Waals surface area (Å²) < 4.78 is 23.3. The van der Waals surface area contributed by atoms with Crippen LogP contribution in [-0.2, 0) is 6.42 Å². The van der Waals surface area contributed by atoms with Crippen molar-refractivity contribution >= 4 is 11.5 Å². The van der Waals surface area contributed by atoms with E-state index in [4.69, 9.17) is 9.47 Å². The lowest BCUT2D eigenvalue weighted by molar-refractivity contribution is -0.385. The lowest BCUT2D eigenvalue weighted by Crippen LogP contribution is -2.37. The Morgan fingerprint density at radius 2 is 1.83 bits per heavy atom. The Balaban J connectivity index is 1.62. The van der Waals surface area contributed by atoms with Crippen molar-refractivity contribution in [1.82, 2.24) is 4.90 Å². The lowest BCUT2D eigenvalue weighted by atomic mass is 9.88. The van der Waals surface area contributed by atoms with Crippen LogP contribution in [0.3, 0.4) is 0 Å². The molecule has 1 aliphatic heterocycles. The van der Waals surface area contributed by atoms with E-state index < -0.39 is 4.92 Å². The Morgan fingerprint density at radius 1 is 1.17 bits per heavy atom. The van der Waals surface area contributed by atoms with Crippen molar-refractivity contribution < 1.29 is 23.6 Å². The van der Waals surface area contributed by atoms with E-state index in [2.05, 4.69) is 4.90 Å². The van der Waals surface area contributed by atoms with Crippen molar-refractivity contribution in [3.8, 4) is 11.5 Å². The minimum atomic E-state index is -0.573. The average molecular weight is 416 g/mol. The van der Waals surface area contributed by atoms with E-state index in [1.165, 1.54) is 38.5 Å². The van der Waals surface area contributed by atoms with Gasteiger partial charge in [0, 0.05) is 24.1 Å². The molecule has 0 saturated carbocycles. The van der Waals surface area contributed by atoms with Crippen molar-refractivity contribution in [2.24, 2.45) is 5.92 Å². The van der Waals surface area contributed by atoms with Gasteiger partial charge in [-0.2, -0.15) is 0 Å². The van der Waals surface area contributed by atoms with Crippen LogP contribution in [0.2, 0.25) is 0 Å². The highest BCUT2D eigenvalue weighted by atomic mass is 19.1. The van der Waals surface area contributed by atoms with Crippen molar-refractivity contribution in [3.63, 3.8) is 0 Å². The number of piperidine rings is 1. The fourth-order valence-electron chi connectivity index (χ4n) is 3.81. The highest BCUT2D eigenvalue weighted by Gasteiger charge is 2.29. The summed E-state index contributed by atoms with van der Waals surface area (Å²) in [6.07, 6.45) is 2.19. The molecule has 2 aromatic rings. The second-order valence-corrected chi connectivity index (χ2v) is 7.34. The number of halogens is 1. The molecule has 0 bridgehead atoms. The maximum Gasteiger partial charge on any atom is 0.315 e. The predicted octanol–water partition coefficient (Wildman–Crippen LogP) is 3.89. The van der Waals surface area contributed by atoms with Crippen molar-refractivity contribution in [3.05, 3.63) is 63.5 Å². The number of likely N-dealkylation sites (tertiary alicyclic amines) is 1. The summed E-state index contributed by atoms with van der Waals surface area (Å²) in [5.41, 5.74) is 1.06. The molecular weight excluding hydrogens is 391 g/mol. The molecule has 8 heteroatoms. The molecule has 0 radical (unpaired) electrons. The third kappa shape index (κ3) is 4.94. The zero-order valence-electron chi connectivity index (χ0n) is 17.1. The van der Waals surface area contributed by atoms with Gasteiger partial charge in [-0.3, -0.25) is 14.9 Å². The summed E-state index contributed by atoms with van der Waals surface area (Å²) in [4.78, 5) is 26.1. The van der Waals surface area contributed by atoms with Gasteiger partial charge in [0.05, 0.1) is 19.1 Å². The summed E-state index contributed by atoms with van der Waals surface area (Å²) in [6, 6.07) is 9.27. The Kier molecular flexibility index (Phi) is 6.99. The maximum absolute atomic E-state index is 13.0. The minimum absolute atomic E-state index is 0.00895. The molecule has 30 heavy (non-hydrogen) atoms. The fourth-order valence-corrected chi connectivity index (χ4v) is 3.81. The van der Waals surface area contributed by atoms with Crippen LogP contribution >= 0.6 is 0 Å². The van der Waals surface area contributed by atoms with Gasteiger partial charge in [-0.05, 0) is 56.1 Å². The number of carbonyl (C=O) groups excluding carboxylic acids is 1. The van der Waals surface area contributed by atoms with Crippen LogP contribution in [0.5, 0.6) is 11.5 Å². The first-order chi connectivity index (χ1) is 14.4. The SMILES string of the molecule is COc1cc(C(=O)C2CCN(CCc3ccc(F)cc3)CC2)cc([N+](=O)[O-])c1OC. The van der Waals surface area contributed by atoms with Gasteiger partial charge in [0.1, 0.15) is 5.82 Å². The van der Waals surface area contributed by atoms with Gasteiger partial charge in [0.2, 0.25) is 5.75 Å². The first kappa shape index (κ1) is 21.7. The Morgan fingerprint density at radius 3 is 2.40 bits per heavy atom. The second kappa shape index (κ2) is 9.67. The standard InChI is InChI=1S/C22H25FN2O5/c1-29-20-14-17(13-19(25(27)28)22(20)30-2)21(26)16-8-11-24(12-9-16)10-7-15-3-5-18(23)6-4-15/h3-6,13-14,16H,7-12H2,1-2H3. The number of methoxy groups -OCH3 is 2. The Bertz CT molecular complexity index is 908. The normalized spacial score (nSPS) is 15.0. The number of carbonyl (C=O) groups is 1. The summed E-state index contributed by atoms with van der Waals surface area (Å²) in [5, 5.41) is 11.4. The monoisotopic (exact) mass is 416 g/mol. The molecule has 0 aromatic heterocycles. The van der Waals surface area contributed by atoms with Crippen molar-refractivity contribution in [2.75, 3.05) is 33.9 Å². The van der Waals surface area contributed by atoms with Gasteiger partial charge in [-0.15, -0.1) is 0 Å². The molecule has 0 aliphatic carbocycles. The Hall–Kier alpha value is -3.00. The lowest BCUT2D eigenvalue weighted by Gasteiger charge is -2.31. The van der Waals surface area contributed by atoms with E-state index in [1.54, 1.807) is 12.1 Å². The molecule has 0 unspecified atom stereocenters. The molecule has 3 rings (SSSR count). The number of nitro groups is 1. The van der Waals surface area contributed by atoms with Crippen LogP contribution in [-0.4, -0.2) is 49.5 Å². The average Bonchev–Trinajstić information content (AvgIpc) is 2.77. The fraction of sp³-hybridized carbons (Fsp3) is 0.409. The zero-order chi connectivity index (χ0) is 21.7. The number of nitro benzene ring substituents is 1. The van der Waals surface area contributed by atoms with E-state index in [1.807, 2.05) is 0 Å². The van der Waals surface area contributed by atoms with Gasteiger partial charge in [0.15, 0.2) is 11.5 Å². The highest BCUT2D eigenvalue weighted by Crippen LogP contribution is 2.39. The van der Waals surface area contributed by atoms with Crippen LogP contribution in [0.25, 0.3) is 0 Å². The summed E-state index contributed by atoms with van der Waals surface area (Å²) >= 11 is 0. The molecular formula is C22H25FN2O5. The third-order valence-electron chi connectivity index (χ3n) is 5.53. The van der Waals surface area contributed by atoms with Gasteiger partial charge in [-0.25, -0.2) is 4.39 Å². The molecule has 0 N–H and O–H groups in total. The molecule has 1 saturated heterocycles. The smallest absolute Gasteiger partial charge is 0.315 e. The topological polar surface area (TPSA) is 81.9 Å². The minimum Gasteiger partial charge on any atom is -0.493 e. The van der Waals surface area contributed by atoms with Crippen LogP contribution in [0, 0.1) is 21.8 Å². The van der Waals surface area contributed by atoms with E-state index in [-0.39, 0.29) is 40.3 Å². The molecule has 160 valence electrons. The number of hydrogen-bond acceptors (Lipinski definition) is 6. The number of rotatable bonds is 8. The molecule has 2 aromatic carbocycles. The van der Waals surface area contributed by atoms with Crippen LogP contribution in [0.4, 0.5) is 10.1 Å².